The van der Waals surface area contributed by atoms with Crippen molar-refractivity contribution in [2.75, 3.05) is 37.8 Å². The molecule has 0 unspecified atom stereocenters. The van der Waals surface area contributed by atoms with E-state index in [0.29, 0.717) is 31.7 Å². The van der Waals surface area contributed by atoms with Gasteiger partial charge in [0.25, 0.3) is 0 Å². The van der Waals surface area contributed by atoms with Gasteiger partial charge in [0.2, 0.25) is 10.0 Å². The second-order valence-electron chi connectivity index (χ2n) is 10.2. The minimum atomic E-state index is -4.05. The molecule has 2 aromatic carbocycles. The van der Waals surface area contributed by atoms with Gasteiger partial charge in [0.15, 0.2) is 0 Å². The first kappa shape index (κ1) is 28.2. The van der Waals surface area contributed by atoms with Gasteiger partial charge in [-0.05, 0) is 48.9 Å². The zero-order valence-corrected chi connectivity index (χ0v) is 22.3. The van der Waals surface area contributed by atoms with Gasteiger partial charge >= 0.3 is 6.09 Å². The van der Waals surface area contributed by atoms with E-state index in [9.17, 15) is 18.3 Å². The van der Waals surface area contributed by atoms with Crippen molar-refractivity contribution in [3.05, 3.63) is 54.1 Å². The van der Waals surface area contributed by atoms with E-state index in [1.807, 2.05) is 30.3 Å². The molecule has 2 aliphatic rings. The van der Waals surface area contributed by atoms with Crippen molar-refractivity contribution < 1.29 is 27.8 Å². The predicted molar refractivity (Wildman–Crippen MR) is 145 cm³/mol. The highest BCUT2D eigenvalue weighted by Crippen LogP contribution is 2.30. The third kappa shape index (κ3) is 7.37. The minimum absolute atomic E-state index is 0.0508. The van der Waals surface area contributed by atoms with E-state index in [2.05, 4.69) is 5.32 Å². The molecule has 0 aromatic heterocycles. The molecule has 1 aliphatic heterocycles. The smallest absolute Gasteiger partial charge is 0.407 e. The van der Waals surface area contributed by atoms with Crippen molar-refractivity contribution in [2.45, 2.75) is 61.7 Å². The number of nitrogen functional groups attached to an aromatic ring is 2. The van der Waals surface area contributed by atoms with Crippen LogP contribution in [-0.2, 0) is 25.9 Å². The lowest BCUT2D eigenvalue weighted by atomic mass is 10.0. The van der Waals surface area contributed by atoms with Gasteiger partial charge in [-0.2, -0.15) is 4.31 Å². The molecule has 1 heterocycles. The summed E-state index contributed by atoms with van der Waals surface area (Å²) in [5, 5.41) is 14.2. The molecule has 38 heavy (non-hydrogen) atoms. The Morgan fingerprint density at radius 3 is 2.53 bits per heavy atom. The van der Waals surface area contributed by atoms with Gasteiger partial charge in [0.1, 0.15) is 11.0 Å². The van der Waals surface area contributed by atoms with Crippen LogP contribution in [-0.4, -0.2) is 68.5 Å². The number of hydrogen-bond donors (Lipinski definition) is 4. The SMILES string of the molecule is Nc1ccc(S(=O)(=O)N(CC2CCCC2)C[C@@H](O)[C@H](Cc2ccccc2)NC(=O)O[C@@H]2CCOC2)c(N)c1. The van der Waals surface area contributed by atoms with Gasteiger partial charge in [0, 0.05) is 25.2 Å². The van der Waals surface area contributed by atoms with Crippen molar-refractivity contribution in [1.29, 1.82) is 0 Å². The topological polar surface area (TPSA) is 157 Å². The van der Waals surface area contributed by atoms with Gasteiger partial charge in [-0.3, -0.25) is 0 Å². The van der Waals surface area contributed by atoms with E-state index in [-0.39, 0.29) is 35.7 Å². The molecule has 0 bridgehead atoms. The fraction of sp³-hybridized carbons (Fsp3) is 0.519. The number of aliphatic hydroxyl groups excluding tert-OH is 1. The Bertz CT molecular complexity index is 1170. The molecule has 3 atom stereocenters. The molecule has 0 radical (unpaired) electrons. The van der Waals surface area contributed by atoms with Crippen LogP contribution in [0.15, 0.2) is 53.4 Å². The number of rotatable bonds is 11. The first-order valence-electron chi connectivity index (χ1n) is 13.1. The largest absolute Gasteiger partial charge is 0.444 e. The van der Waals surface area contributed by atoms with Crippen molar-refractivity contribution in [1.82, 2.24) is 9.62 Å². The summed E-state index contributed by atoms with van der Waals surface area (Å²) in [5.41, 5.74) is 13.1. The number of carbonyl (C=O) groups is 1. The lowest BCUT2D eigenvalue weighted by molar-refractivity contribution is 0.0642. The molecule has 1 saturated heterocycles. The highest BCUT2D eigenvalue weighted by Gasteiger charge is 2.34. The van der Waals surface area contributed by atoms with Crippen LogP contribution in [0.1, 0.15) is 37.7 Å². The highest BCUT2D eigenvalue weighted by molar-refractivity contribution is 7.89. The van der Waals surface area contributed by atoms with Crippen LogP contribution in [0.3, 0.4) is 0 Å². The van der Waals surface area contributed by atoms with E-state index < -0.39 is 28.3 Å². The molecule has 10 nitrogen and oxygen atoms in total. The van der Waals surface area contributed by atoms with E-state index in [1.165, 1.54) is 22.5 Å². The molecular weight excluding hydrogens is 508 g/mol. The summed E-state index contributed by atoms with van der Waals surface area (Å²) < 4.78 is 39.6. The number of anilines is 2. The summed E-state index contributed by atoms with van der Waals surface area (Å²) >= 11 is 0. The zero-order valence-electron chi connectivity index (χ0n) is 21.5. The second kappa shape index (κ2) is 12.8. The molecular formula is C27H38N4O6S. The number of hydrogen-bond acceptors (Lipinski definition) is 8. The number of aliphatic hydroxyl groups is 1. The standard InChI is InChI=1S/C27H38N4O6S/c28-21-10-11-26(23(29)15-21)38(34,35)31(16-20-8-4-5-9-20)17-25(32)24(14-19-6-2-1-3-7-19)30-27(33)37-22-12-13-36-18-22/h1-3,6-7,10-11,15,20,22,24-25,32H,4-5,8-9,12-14,16-18,28-29H2,(H,30,33)/t22-,24+,25-/m1/s1. The number of nitrogens with one attached hydrogen (secondary N) is 1. The number of alkyl carbamates (subject to hydrolysis) is 1. The van der Waals surface area contributed by atoms with Crippen molar-refractivity contribution in [2.24, 2.45) is 5.92 Å². The number of ether oxygens (including phenoxy) is 2. The Balaban J connectivity index is 1.56. The first-order chi connectivity index (χ1) is 18.2. The van der Waals surface area contributed by atoms with Gasteiger partial charge in [-0.1, -0.05) is 43.2 Å². The van der Waals surface area contributed by atoms with Crippen LogP contribution in [0.4, 0.5) is 16.2 Å². The quantitative estimate of drug-likeness (QED) is 0.313. The predicted octanol–water partition coefficient (Wildman–Crippen LogP) is 2.52. The second-order valence-corrected chi connectivity index (χ2v) is 12.1. The maximum Gasteiger partial charge on any atom is 0.407 e. The van der Waals surface area contributed by atoms with E-state index in [1.54, 1.807) is 0 Å². The van der Waals surface area contributed by atoms with Crippen LogP contribution < -0.4 is 16.8 Å². The summed E-state index contributed by atoms with van der Waals surface area (Å²) in [6, 6.07) is 12.9. The van der Waals surface area contributed by atoms with Crippen LogP contribution in [0.5, 0.6) is 0 Å². The monoisotopic (exact) mass is 546 g/mol. The maximum atomic E-state index is 13.8. The van der Waals surface area contributed by atoms with Gasteiger partial charge < -0.3 is 31.4 Å². The molecule has 4 rings (SSSR count). The average Bonchev–Trinajstić information content (AvgIpc) is 3.58. The zero-order chi connectivity index (χ0) is 27.1. The third-order valence-electron chi connectivity index (χ3n) is 7.21. The third-order valence-corrected chi connectivity index (χ3v) is 9.11. The summed E-state index contributed by atoms with van der Waals surface area (Å²) in [7, 11) is -4.05. The number of nitrogens with two attached hydrogens (primary N) is 2. The first-order valence-corrected chi connectivity index (χ1v) is 14.6. The van der Waals surface area contributed by atoms with Crippen LogP contribution in [0.2, 0.25) is 0 Å². The van der Waals surface area contributed by atoms with E-state index >= 15 is 0 Å². The Morgan fingerprint density at radius 2 is 1.87 bits per heavy atom. The van der Waals surface area contributed by atoms with Crippen molar-refractivity contribution in [3.63, 3.8) is 0 Å². The van der Waals surface area contributed by atoms with Gasteiger partial charge in [0.05, 0.1) is 31.0 Å². The summed E-state index contributed by atoms with van der Waals surface area (Å²) in [6.07, 6.45) is 2.58. The average molecular weight is 547 g/mol. The van der Waals surface area contributed by atoms with Crippen LogP contribution >= 0.6 is 0 Å². The number of amides is 1. The number of benzene rings is 2. The Hall–Kier alpha value is -2.86. The van der Waals surface area contributed by atoms with Crippen LogP contribution in [0.25, 0.3) is 0 Å². The lowest BCUT2D eigenvalue weighted by Crippen LogP contribution is -2.51. The molecule has 1 amide bonds. The van der Waals surface area contributed by atoms with Gasteiger partial charge in [-0.15, -0.1) is 0 Å². The molecule has 2 aromatic rings. The Labute approximate surface area is 224 Å². The van der Waals surface area contributed by atoms with Crippen molar-refractivity contribution >= 4 is 27.5 Å². The molecule has 208 valence electrons. The molecule has 1 aliphatic carbocycles. The minimum Gasteiger partial charge on any atom is -0.444 e. The van der Waals surface area contributed by atoms with Crippen molar-refractivity contribution in [3.8, 4) is 0 Å². The number of carbonyl (C=O) groups excluding carboxylic acids is 1. The lowest BCUT2D eigenvalue weighted by Gasteiger charge is -2.31. The van der Waals surface area contributed by atoms with Gasteiger partial charge in [-0.25, -0.2) is 13.2 Å². The summed E-state index contributed by atoms with van der Waals surface area (Å²) in [6.45, 7) is 0.893. The Morgan fingerprint density at radius 1 is 1.13 bits per heavy atom. The molecule has 0 spiro atoms. The fourth-order valence-corrected chi connectivity index (χ4v) is 6.75. The summed E-state index contributed by atoms with van der Waals surface area (Å²) in [5.74, 6) is 0.180. The molecule has 2 fully saturated rings. The number of nitrogens with zero attached hydrogens (tertiary/aromatic N) is 1. The molecule has 11 heteroatoms. The van der Waals surface area contributed by atoms with Crippen LogP contribution in [0, 0.1) is 5.92 Å². The van der Waals surface area contributed by atoms with E-state index in [4.69, 9.17) is 20.9 Å². The normalized spacial score (nSPS) is 19.9. The highest BCUT2D eigenvalue weighted by atomic mass is 32.2. The molecule has 6 N–H and O–H groups in total. The summed E-state index contributed by atoms with van der Waals surface area (Å²) in [4.78, 5) is 12.7. The fourth-order valence-electron chi connectivity index (χ4n) is 5.12. The Kier molecular flexibility index (Phi) is 9.48. The molecule has 1 saturated carbocycles. The van der Waals surface area contributed by atoms with E-state index in [0.717, 1.165) is 31.2 Å². The number of sulfonamides is 1. The maximum absolute atomic E-state index is 13.8.